The standard InChI is InChI=1S/C29H20Cl3F6N3O3/c30-17-5-4-14(39-27(44)23-22(28(23,31)32)13-3-6-18(33)16(10-13)29(36,37)38)11-15(17)26(43)40-20-8-7-19(34)25(24(20)35)41-21(42)9-12-1-2-12/h3-8,10-12,22-23H,1-2,9H2,(H,39,44)(H,40,43)(H,41,42)/t22?,23-/m1/s1. The number of benzene rings is 3. The van der Waals surface area contributed by atoms with E-state index in [9.17, 15) is 36.3 Å². The molecule has 3 N–H and O–H groups in total. The predicted molar refractivity (Wildman–Crippen MR) is 152 cm³/mol. The van der Waals surface area contributed by atoms with Crippen molar-refractivity contribution < 1.29 is 40.7 Å². The fourth-order valence-corrected chi connectivity index (χ4v) is 5.78. The number of alkyl halides is 5. The van der Waals surface area contributed by atoms with Crippen LogP contribution in [-0.4, -0.2) is 22.1 Å². The highest BCUT2D eigenvalue weighted by Crippen LogP contribution is 2.65. The van der Waals surface area contributed by atoms with Crippen LogP contribution in [0.5, 0.6) is 0 Å². The lowest BCUT2D eigenvalue weighted by molar-refractivity contribution is -0.140. The van der Waals surface area contributed by atoms with Gasteiger partial charge in [-0.15, -0.1) is 23.2 Å². The number of rotatable bonds is 8. The maximum atomic E-state index is 15.1. The molecule has 2 aliphatic carbocycles. The van der Waals surface area contributed by atoms with Crippen LogP contribution in [0.15, 0.2) is 48.5 Å². The summed E-state index contributed by atoms with van der Waals surface area (Å²) >= 11 is 18.6. The number of halogens is 9. The van der Waals surface area contributed by atoms with Gasteiger partial charge in [-0.3, -0.25) is 14.4 Å². The molecule has 2 aliphatic rings. The van der Waals surface area contributed by atoms with E-state index >= 15 is 4.39 Å². The van der Waals surface area contributed by atoms with Crippen LogP contribution >= 0.6 is 34.8 Å². The smallest absolute Gasteiger partial charge is 0.326 e. The summed E-state index contributed by atoms with van der Waals surface area (Å²) in [6, 6.07) is 7.69. The minimum absolute atomic E-state index is 0.00188. The Bertz CT molecular complexity index is 1680. The van der Waals surface area contributed by atoms with E-state index in [0.29, 0.717) is 12.1 Å². The monoisotopic (exact) mass is 677 g/mol. The summed E-state index contributed by atoms with van der Waals surface area (Å²) in [5.41, 5.74) is -3.07. The Morgan fingerprint density at radius 1 is 0.886 bits per heavy atom. The fourth-order valence-electron chi connectivity index (χ4n) is 4.75. The molecule has 232 valence electrons. The number of anilines is 3. The van der Waals surface area contributed by atoms with Gasteiger partial charge in [-0.1, -0.05) is 17.7 Å². The number of hydrogen-bond donors (Lipinski definition) is 3. The Hall–Kier alpha value is -3.48. The maximum absolute atomic E-state index is 15.1. The van der Waals surface area contributed by atoms with E-state index in [1.165, 1.54) is 12.1 Å². The zero-order valence-corrected chi connectivity index (χ0v) is 24.4. The minimum Gasteiger partial charge on any atom is -0.326 e. The van der Waals surface area contributed by atoms with Crippen molar-refractivity contribution in [3.8, 4) is 0 Å². The molecule has 0 spiro atoms. The molecular weight excluding hydrogens is 659 g/mol. The normalized spacial score (nSPS) is 18.8. The predicted octanol–water partition coefficient (Wildman–Crippen LogP) is 8.29. The highest BCUT2D eigenvalue weighted by molar-refractivity contribution is 6.53. The Morgan fingerprint density at radius 3 is 2.23 bits per heavy atom. The van der Waals surface area contributed by atoms with E-state index in [0.717, 1.165) is 37.1 Å². The second-order valence-corrected chi connectivity index (χ2v) is 12.3. The Labute approximate surface area is 261 Å². The number of carbonyl (C=O) groups is 3. The Morgan fingerprint density at radius 2 is 1.57 bits per heavy atom. The van der Waals surface area contributed by atoms with Gasteiger partial charge in [0.2, 0.25) is 11.8 Å². The number of amides is 3. The molecule has 0 heterocycles. The molecular formula is C29H20Cl3F6N3O3. The van der Waals surface area contributed by atoms with Crippen molar-refractivity contribution >= 4 is 69.6 Å². The number of hydrogen-bond acceptors (Lipinski definition) is 3. The average molecular weight is 679 g/mol. The summed E-state index contributed by atoms with van der Waals surface area (Å²) in [7, 11) is 0. The molecule has 5 rings (SSSR count). The largest absolute Gasteiger partial charge is 0.419 e. The summed E-state index contributed by atoms with van der Waals surface area (Å²) in [6.45, 7) is 0. The highest BCUT2D eigenvalue weighted by Gasteiger charge is 2.67. The summed E-state index contributed by atoms with van der Waals surface area (Å²) in [4.78, 5) is 38.1. The molecule has 15 heteroatoms. The van der Waals surface area contributed by atoms with Crippen molar-refractivity contribution in [3.05, 3.63) is 87.7 Å². The molecule has 1 unspecified atom stereocenters. The van der Waals surface area contributed by atoms with Gasteiger partial charge in [0.05, 0.1) is 27.8 Å². The topological polar surface area (TPSA) is 87.3 Å². The van der Waals surface area contributed by atoms with Gasteiger partial charge in [0.25, 0.3) is 5.91 Å². The van der Waals surface area contributed by atoms with Gasteiger partial charge >= 0.3 is 6.18 Å². The molecule has 0 bridgehead atoms. The van der Waals surface area contributed by atoms with Crippen molar-refractivity contribution in [2.24, 2.45) is 11.8 Å². The summed E-state index contributed by atoms with van der Waals surface area (Å²) in [6.07, 6.45) is -3.17. The molecule has 2 fully saturated rings. The van der Waals surface area contributed by atoms with Crippen LogP contribution in [0.2, 0.25) is 5.02 Å². The fraction of sp³-hybridized carbons (Fsp3) is 0.276. The van der Waals surface area contributed by atoms with Gasteiger partial charge in [0.1, 0.15) is 21.7 Å². The highest BCUT2D eigenvalue weighted by atomic mass is 35.5. The van der Waals surface area contributed by atoms with Crippen molar-refractivity contribution in [3.63, 3.8) is 0 Å². The molecule has 44 heavy (non-hydrogen) atoms. The van der Waals surface area contributed by atoms with E-state index in [2.05, 4.69) is 16.0 Å². The summed E-state index contributed by atoms with van der Waals surface area (Å²) < 4.78 is 80.9. The van der Waals surface area contributed by atoms with Crippen LogP contribution in [0, 0.1) is 29.3 Å². The Balaban J connectivity index is 1.31. The van der Waals surface area contributed by atoms with E-state index in [1.807, 2.05) is 0 Å². The third-order valence-corrected chi connectivity index (χ3v) is 8.51. The van der Waals surface area contributed by atoms with E-state index in [1.54, 1.807) is 0 Å². The first kappa shape index (κ1) is 31.9. The molecule has 2 atom stereocenters. The zero-order chi connectivity index (χ0) is 32.1. The van der Waals surface area contributed by atoms with E-state index in [4.69, 9.17) is 34.8 Å². The minimum atomic E-state index is -4.99. The van der Waals surface area contributed by atoms with Gasteiger partial charge in [0.15, 0.2) is 5.82 Å². The lowest BCUT2D eigenvalue weighted by Gasteiger charge is -2.13. The Kier molecular flexibility index (Phi) is 8.56. The second-order valence-electron chi connectivity index (χ2n) is 10.5. The molecule has 6 nitrogen and oxygen atoms in total. The van der Waals surface area contributed by atoms with Crippen molar-refractivity contribution in [1.82, 2.24) is 0 Å². The molecule has 0 aliphatic heterocycles. The molecule has 3 amide bonds. The van der Waals surface area contributed by atoms with Crippen LogP contribution in [0.25, 0.3) is 0 Å². The molecule has 3 aromatic rings. The van der Waals surface area contributed by atoms with E-state index in [-0.39, 0.29) is 34.2 Å². The zero-order valence-electron chi connectivity index (χ0n) is 22.1. The molecule has 3 aromatic carbocycles. The second kappa shape index (κ2) is 11.8. The van der Waals surface area contributed by atoms with Crippen LogP contribution in [0.3, 0.4) is 0 Å². The van der Waals surface area contributed by atoms with Crippen molar-refractivity contribution in [2.45, 2.75) is 35.7 Å². The average Bonchev–Trinajstić information content (AvgIpc) is 3.85. The molecule has 0 aromatic heterocycles. The van der Waals surface area contributed by atoms with Crippen molar-refractivity contribution in [1.29, 1.82) is 0 Å². The lowest BCUT2D eigenvalue weighted by Crippen LogP contribution is -2.19. The van der Waals surface area contributed by atoms with Gasteiger partial charge in [-0.05, 0) is 66.8 Å². The SMILES string of the molecule is O=C(CC1CC1)Nc1c(F)ccc(NC(=O)c2cc(NC(=O)[C@H]3C(c4ccc(F)c(C(F)(F)F)c4)C3(Cl)Cl)ccc2Cl)c1F. The van der Waals surface area contributed by atoms with Gasteiger partial charge in [0, 0.05) is 18.0 Å². The quantitative estimate of drug-likeness (QED) is 0.166. The third kappa shape index (κ3) is 6.62. The maximum Gasteiger partial charge on any atom is 0.419 e. The van der Waals surface area contributed by atoms with Gasteiger partial charge in [-0.2, -0.15) is 13.2 Å². The summed E-state index contributed by atoms with van der Waals surface area (Å²) in [5, 5.41) is 6.78. The summed E-state index contributed by atoms with van der Waals surface area (Å²) in [5.74, 6) is -8.30. The number of carbonyl (C=O) groups excluding carboxylic acids is 3. The van der Waals surface area contributed by atoms with E-state index < -0.39 is 74.5 Å². The third-order valence-electron chi connectivity index (χ3n) is 7.24. The lowest BCUT2D eigenvalue weighted by atomic mass is 10.0. The molecule has 2 saturated carbocycles. The van der Waals surface area contributed by atoms with Crippen LogP contribution in [-0.2, 0) is 15.8 Å². The first-order valence-electron chi connectivity index (χ1n) is 13.0. The first-order chi connectivity index (χ1) is 20.6. The molecule has 0 radical (unpaired) electrons. The molecule has 0 saturated heterocycles. The first-order valence-corrected chi connectivity index (χ1v) is 14.2. The van der Waals surface area contributed by atoms with Crippen LogP contribution in [0.4, 0.5) is 43.4 Å². The van der Waals surface area contributed by atoms with Gasteiger partial charge < -0.3 is 16.0 Å². The van der Waals surface area contributed by atoms with Crippen LogP contribution in [0.1, 0.15) is 46.7 Å². The van der Waals surface area contributed by atoms with Crippen LogP contribution < -0.4 is 16.0 Å². The number of nitrogens with one attached hydrogen (secondary N) is 3. The van der Waals surface area contributed by atoms with Gasteiger partial charge in [-0.25, -0.2) is 13.2 Å². The van der Waals surface area contributed by atoms with Crippen molar-refractivity contribution in [2.75, 3.05) is 16.0 Å².